The fourth-order valence-corrected chi connectivity index (χ4v) is 7.51. The number of amides is 1. The van der Waals surface area contributed by atoms with Crippen LogP contribution in [0.4, 0.5) is 0 Å². The summed E-state index contributed by atoms with van der Waals surface area (Å²) in [6.45, 7) is 3.84. The van der Waals surface area contributed by atoms with Crippen molar-refractivity contribution >= 4 is 5.91 Å². The van der Waals surface area contributed by atoms with Crippen LogP contribution in [0.1, 0.15) is 219 Å². The second-order valence-electron chi connectivity index (χ2n) is 16.2. The minimum absolute atomic E-state index is 0.132. The zero-order chi connectivity index (χ0) is 38.8. The van der Waals surface area contributed by atoms with Gasteiger partial charge in [-0.15, -0.1) is 0 Å². The molecule has 0 radical (unpaired) electrons. The lowest BCUT2D eigenvalue weighted by molar-refractivity contribution is -0.302. The van der Waals surface area contributed by atoms with Crippen molar-refractivity contribution in [2.45, 2.75) is 262 Å². The van der Waals surface area contributed by atoms with Crippen LogP contribution in [0.3, 0.4) is 0 Å². The van der Waals surface area contributed by atoms with Gasteiger partial charge in [-0.25, -0.2) is 0 Å². The molecule has 1 aliphatic heterocycles. The first-order valence-electron chi connectivity index (χ1n) is 22.7. The van der Waals surface area contributed by atoms with E-state index in [9.17, 15) is 30.3 Å². The molecule has 0 saturated carbocycles. The fraction of sp³-hybridized carbons (Fsp3) is 0.977. The van der Waals surface area contributed by atoms with Gasteiger partial charge in [-0.1, -0.05) is 200 Å². The highest BCUT2D eigenvalue weighted by Gasteiger charge is 2.44. The summed E-state index contributed by atoms with van der Waals surface area (Å²) >= 11 is 0. The SMILES string of the molecule is CCCCCCCCCCCCCCCCCCC(=O)N[C@@H](CO[C@@H]1O[C@H](CO)[C@H](O)C(O)C1O)[C@H](O)CCCCCCCCCCCCCCCC. The highest BCUT2D eigenvalue weighted by molar-refractivity contribution is 5.76. The molecular formula is C44H87NO8. The monoisotopic (exact) mass is 758 g/mol. The molecule has 6 N–H and O–H groups in total. The molecule has 0 aromatic rings. The Morgan fingerprint density at radius 1 is 0.566 bits per heavy atom. The van der Waals surface area contributed by atoms with Crippen LogP contribution in [-0.4, -0.2) is 87.5 Å². The average Bonchev–Trinajstić information content (AvgIpc) is 3.16. The topological polar surface area (TPSA) is 149 Å². The zero-order valence-electron chi connectivity index (χ0n) is 34.5. The number of aliphatic hydroxyl groups excluding tert-OH is 5. The quantitative estimate of drug-likeness (QED) is 0.0342. The number of hydrogen-bond donors (Lipinski definition) is 6. The minimum Gasteiger partial charge on any atom is -0.394 e. The van der Waals surface area contributed by atoms with Gasteiger partial charge in [0.2, 0.25) is 5.91 Å². The van der Waals surface area contributed by atoms with Gasteiger partial charge in [0.25, 0.3) is 0 Å². The van der Waals surface area contributed by atoms with Crippen LogP contribution < -0.4 is 5.32 Å². The lowest BCUT2D eigenvalue weighted by Crippen LogP contribution is -2.60. The molecule has 1 heterocycles. The standard InChI is InChI=1S/C44H87NO8/c1-3-5-7-9-11-13-15-17-19-20-22-24-26-28-30-32-34-40(48)45-37(36-52-44-43(51)42(50)41(49)39(35-46)53-44)38(47)33-31-29-27-25-23-21-18-16-14-12-10-8-6-4-2/h37-39,41-44,46-47,49-51H,3-36H2,1-2H3,(H,45,48)/t37-,38+,39+,41-,42?,43?,44+/m0/s1. The Morgan fingerprint density at radius 3 is 1.34 bits per heavy atom. The number of nitrogens with one attached hydrogen (secondary N) is 1. The van der Waals surface area contributed by atoms with Crippen molar-refractivity contribution in [3.63, 3.8) is 0 Å². The summed E-state index contributed by atoms with van der Waals surface area (Å²) in [4.78, 5) is 13.0. The van der Waals surface area contributed by atoms with Crippen LogP contribution in [-0.2, 0) is 14.3 Å². The van der Waals surface area contributed by atoms with E-state index in [-0.39, 0.29) is 12.5 Å². The number of aliphatic hydroxyl groups is 5. The zero-order valence-corrected chi connectivity index (χ0v) is 34.5. The largest absolute Gasteiger partial charge is 0.394 e. The predicted molar refractivity (Wildman–Crippen MR) is 217 cm³/mol. The Bertz CT molecular complexity index is 801. The molecule has 0 spiro atoms. The number of carbonyl (C=O) groups is 1. The molecule has 1 saturated heterocycles. The van der Waals surface area contributed by atoms with Crippen LogP contribution in [0.2, 0.25) is 0 Å². The van der Waals surface area contributed by atoms with Crippen molar-refractivity contribution in [1.29, 1.82) is 0 Å². The van der Waals surface area contributed by atoms with E-state index in [2.05, 4.69) is 19.2 Å². The summed E-state index contributed by atoms with van der Waals surface area (Å²) < 4.78 is 11.2. The molecule has 0 aromatic heterocycles. The summed E-state index contributed by atoms with van der Waals surface area (Å²) in [5.74, 6) is -0.141. The van der Waals surface area contributed by atoms with E-state index in [4.69, 9.17) is 9.47 Å². The Kier molecular flexibility index (Phi) is 33.7. The second-order valence-corrected chi connectivity index (χ2v) is 16.2. The van der Waals surface area contributed by atoms with Crippen molar-refractivity contribution in [1.82, 2.24) is 5.32 Å². The van der Waals surface area contributed by atoms with Gasteiger partial charge in [0.05, 0.1) is 25.4 Å². The maximum absolute atomic E-state index is 13.0. The Labute approximate surface area is 325 Å². The Hall–Kier alpha value is -0.810. The molecular weight excluding hydrogens is 670 g/mol. The van der Waals surface area contributed by atoms with Gasteiger partial charge in [0, 0.05) is 6.42 Å². The first kappa shape index (κ1) is 50.2. The molecule has 2 unspecified atom stereocenters. The van der Waals surface area contributed by atoms with Gasteiger partial charge in [-0.3, -0.25) is 4.79 Å². The van der Waals surface area contributed by atoms with Gasteiger partial charge in [-0.05, 0) is 12.8 Å². The van der Waals surface area contributed by atoms with Crippen LogP contribution >= 0.6 is 0 Å². The van der Waals surface area contributed by atoms with Crippen molar-refractivity contribution in [2.24, 2.45) is 0 Å². The van der Waals surface area contributed by atoms with Crippen LogP contribution in [0.5, 0.6) is 0 Å². The second kappa shape index (κ2) is 35.6. The number of carbonyl (C=O) groups excluding carboxylic acids is 1. The van der Waals surface area contributed by atoms with Gasteiger partial charge in [0.1, 0.15) is 24.4 Å². The summed E-state index contributed by atoms with van der Waals surface area (Å²) in [5, 5.41) is 54.3. The smallest absolute Gasteiger partial charge is 0.220 e. The van der Waals surface area contributed by atoms with E-state index in [0.717, 1.165) is 38.5 Å². The molecule has 9 nitrogen and oxygen atoms in total. The predicted octanol–water partition coefficient (Wildman–Crippen LogP) is 9.17. The molecule has 1 rings (SSSR count). The third-order valence-electron chi connectivity index (χ3n) is 11.2. The van der Waals surface area contributed by atoms with Gasteiger partial charge in [0.15, 0.2) is 6.29 Å². The number of hydrogen-bond acceptors (Lipinski definition) is 8. The molecule has 1 aliphatic rings. The number of rotatable bonds is 38. The van der Waals surface area contributed by atoms with Crippen LogP contribution in [0.25, 0.3) is 0 Å². The molecule has 316 valence electrons. The summed E-state index contributed by atoms with van der Waals surface area (Å²) in [5.41, 5.74) is 0. The molecule has 53 heavy (non-hydrogen) atoms. The maximum atomic E-state index is 13.0. The summed E-state index contributed by atoms with van der Waals surface area (Å²) in [7, 11) is 0. The van der Waals surface area contributed by atoms with Crippen molar-refractivity contribution in [3.8, 4) is 0 Å². The highest BCUT2D eigenvalue weighted by atomic mass is 16.7. The van der Waals surface area contributed by atoms with E-state index in [1.54, 1.807) is 0 Å². The van der Waals surface area contributed by atoms with Crippen molar-refractivity contribution in [2.75, 3.05) is 13.2 Å². The van der Waals surface area contributed by atoms with Gasteiger partial charge >= 0.3 is 0 Å². The molecule has 1 amide bonds. The van der Waals surface area contributed by atoms with E-state index in [1.807, 2.05) is 0 Å². The van der Waals surface area contributed by atoms with E-state index in [1.165, 1.54) is 154 Å². The first-order valence-corrected chi connectivity index (χ1v) is 22.7. The van der Waals surface area contributed by atoms with Gasteiger partial charge in [-0.2, -0.15) is 0 Å². The third-order valence-corrected chi connectivity index (χ3v) is 11.2. The normalized spacial score (nSPS) is 21.5. The average molecular weight is 758 g/mol. The van der Waals surface area contributed by atoms with Crippen molar-refractivity contribution in [3.05, 3.63) is 0 Å². The van der Waals surface area contributed by atoms with Crippen molar-refractivity contribution < 1.29 is 39.8 Å². The maximum Gasteiger partial charge on any atom is 0.220 e. The number of ether oxygens (including phenoxy) is 2. The minimum atomic E-state index is -1.55. The molecule has 0 aliphatic carbocycles. The molecule has 9 heteroatoms. The summed E-state index contributed by atoms with van der Waals surface area (Å²) in [6.07, 6.45) is 31.0. The van der Waals surface area contributed by atoms with E-state index in [0.29, 0.717) is 12.8 Å². The molecule has 0 bridgehead atoms. The lowest BCUT2D eigenvalue weighted by atomic mass is 9.99. The number of unbranched alkanes of at least 4 members (excludes halogenated alkanes) is 28. The first-order chi connectivity index (χ1) is 25.8. The Morgan fingerprint density at radius 2 is 0.943 bits per heavy atom. The highest BCUT2D eigenvalue weighted by Crippen LogP contribution is 2.23. The lowest BCUT2D eigenvalue weighted by Gasteiger charge is -2.40. The van der Waals surface area contributed by atoms with Crippen LogP contribution in [0, 0.1) is 0 Å². The summed E-state index contributed by atoms with van der Waals surface area (Å²) in [6, 6.07) is -0.710. The molecule has 7 atom stereocenters. The third kappa shape index (κ3) is 26.6. The molecule has 1 fully saturated rings. The van der Waals surface area contributed by atoms with E-state index < -0.39 is 49.5 Å². The fourth-order valence-electron chi connectivity index (χ4n) is 7.51. The van der Waals surface area contributed by atoms with E-state index >= 15 is 0 Å². The van der Waals surface area contributed by atoms with Gasteiger partial charge < -0.3 is 40.3 Å². The van der Waals surface area contributed by atoms with Crippen LogP contribution in [0.15, 0.2) is 0 Å². The Balaban J connectivity index is 2.32. The molecule has 0 aromatic carbocycles.